The molecule has 3 unspecified atom stereocenters. The van der Waals surface area contributed by atoms with Gasteiger partial charge in [-0.05, 0) is 74.4 Å². The van der Waals surface area contributed by atoms with Gasteiger partial charge in [-0.3, -0.25) is 0 Å². The smallest absolute Gasteiger partial charge is 0.0433 e. The zero-order chi connectivity index (χ0) is 19.9. The first-order valence-corrected chi connectivity index (χ1v) is 13.0. The molecule has 0 spiro atoms. The molecule has 3 rings (SSSR count). The van der Waals surface area contributed by atoms with E-state index in [1.54, 1.807) is 5.57 Å². The summed E-state index contributed by atoms with van der Waals surface area (Å²) in [5.41, 5.74) is 2.96. The number of nitrogens with zero attached hydrogens (tertiary/aromatic N) is 1. The fraction of sp³-hybridized carbons (Fsp3) is 0.583. The van der Waals surface area contributed by atoms with Crippen molar-refractivity contribution in [3.8, 4) is 0 Å². The molecule has 1 fully saturated rings. The van der Waals surface area contributed by atoms with Gasteiger partial charge in [0, 0.05) is 27.3 Å². The van der Waals surface area contributed by atoms with Crippen molar-refractivity contribution in [2.45, 2.75) is 87.9 Å². The maximum Gasteiger partial charge on any atom is 0.0433 e. The van der Waals surface area contributed by atoms with Crippen molar-refractivity contribution in [2.24, 2.45) is 0 Å². The van der Waals surface area contributed by atoms with E-state index in [4.69, 9.17) is 11.6 Å². The van der Waals surface area contributed by atoms with Crippen molar-refractivity contribution in [1.29, 1.82) is 0 Å². The Bertz CT molecular complexity index is 700. The molecule has 0 bridgehead atoms. The van der Waals surface area contributed by atoms with Gasteiger partial charge < -0.3 is 0 Å². The van der Waals surface area contributed by atoms with Crippen LogP contribution in [-0.4, -0.2) is 27.4 Å². The topological polar surface area (TPSA) is 3.24 Å². The first kappa shape index (κ1) is 22.3. The highest BCUT2D eigenvalue weighted by Gasteiger charge is 2.43. The van der Waals surface area contributed by atoms with Crippen LogP contribution in [0.5, 0.6) is 0 Å². The lowest BCUT2D eigenvalue weighted by Gasteiger charge is -2.32. The van der Waals surface area contributed by atoms with Gasteiger partial charge in [-0.2, -0.15) is 11.8 Å². The first-order valence-electron chi connectivity index (χ1n) is 10.8. The Hall–Kier alpha value is -0.350. The van der Waals surface area contributed by atoms with Crippen LogP contribution in [-0.2, 0) is 0 Å². The van der Waals surface area contributed by atoms with E-state index in [1.807, 2.05) is 11.9 Å². The second-order valence-corrected chi connectivity index (χ2v) is 10.8. The number of halogens is 1. The summed E-state index contributed by atoms with van der Waals surface area (Å²) in [5.74, 6) is 1.27. The molecule has 0 amide bonds. The molecule has 154 valence electrons. The highest BCUT2D eigenvalue weighted by molar-refractivity contribution is 8.00. The first-order chi connectivity index (χ1) is 13.6. The molecule has 1 saturated heterocycles. The van der Waals surface area contributed by atoms with Crippen LogP contribution >= 0.6 is 35.3 Å². The summed E-state index contributed by atoms with van der Waals surface area (Å²) in [6, 6.07) is 10.0. The maximum absolute atomic E-state index is 6.26. The summed E-state index contributed by atoms with van der Waals surface area (Å²) in [6.45, 7) is 6.85. The normalized spacial score (nSPS) is 25.6. The van der Waals surface area contributed by atoms with Crippen molar-refractivity contribution in [2.75, 3.05) is 5.75 Å². The molecule has 0 aromatic heterocycles. The van der Waals surface area contributed by atoms with Crippen LogP contribution in [0.15, 0.2) is 51.9 Å². The predicted molar refractivity (Wildman–Crippen MR) is 128 cm³/mol. The minimum atomic E-state index is 0.529. The van der Waals surface area contributed by atoms with E-state index >= 15 is 0 Å². The summed E-state index contributed by atoms with van der Waals surface area (Å²) >= 11 is 10.5. The number of hydrogen-bond donors (Lipinski definition) is 0. The van der Waals surface area contributed by atoms with Crippen LogP contribution in [0.25, 0.3) is 0 Å². The number of benzene rings is 1. The second-order valence-electron chi connectivity index (χ2n) is 7.94. The van der Waals surface area contributed by atoms with E-state index in [2.05, 4.69) is 73.3 Å². The SMILES string of the molecule is CCCCC1C(SCCC)CC(C2=CC=C(Cl)CC2)N1Sc1ccccc1C. The lowest BCUT2D eigenvalue weighted by molar-refractivity contribution is 0.358. The zero-order valence-corrected chi connectivity index (χ0v) is 19.9. The van der Waals surface area contributed by atoms with Crippen LogP contribution < -0.4 is 0 Å². The third kappa shape index (κ3) is 5.62. The number of hydrogen-bond acceptors (Lipinski definition) is 3. The van der Waals surface area contributed by atoms with Crippen LogP contribution in [0.1, 0.15) is 64.4 Å². The highest BCUT2D eigenvalue weighted by Crippen LogP contribution is 2.46. The van der Waals surface area contributed by atoms with Gasteiger partial charge in [0.1, 0.15) is 0 Å². The van der Waals surface area contributed by atoms with Gasteiger partial charge in [-0.15, -0.1) is 0 Å². The number of aryl methyl sites for hydroxylation is 1. The summed E-state index contributed by atoms with van der Waals surface area (Å²) in [6.07, 6.45) is 13.0. The van der Waals surface area contributed by atoms with E-state index in [0.717, 1.165) is 23.1 Å². The van der Waals surface area contributed by atoms with Crippen LogP contribution in [0.4, 0.5) is 0 Å². The molecule has 0 saturated carbocycles. The third-order valence-corrected chi connectivity index (χ3v) is 9.05. The molecule has 1 nitrogen and oxygen atoms in total. The van der Waals surface area contributed by atoms with Gasteiger partial charge in [0.05, 0.1) is 0 Å². The van der Waals surface area contributed by atoms with Gasteiger partial charge in [0.2, 0.25) is 0 Å². The van der Waals surface area contributed by atoms with Crippen LogP contribution in [0.3, 0.4) is 0 Å². The molecule has 1 aromatic rings. The number of thioether (sulfide) groups is 1. The fourth-order valence-corrected chi connectivity index (χ4v) is 7.07. The molecule has 0 radical (unpaired) electrons. The van der Waals surface area contributed by atoms with Gasteiger partial charge >= 0.3 is 0 Å². The molecule has 3 atom stereocenters. The highest BCUT2D eigenvalue weighted by atomic mass is 35.5. The molecule has 1 aromatic carbocycles. The second kappa shape index (κ2) is 11.2. The van der Waals surface area contributed by atoms with Crippen molar-refractivity contribution >= 4 is 35.3 Å². The Labute approximate surface area is 185 Å². The summed E-state index contributed by atoms with van der Waals surface area (Å²) in [5, 5.41) is 1.73. The molecule has 28 heavy (non-hydrogen) atoms. The van der Waals surface area contributed by atoms with E-state index in [1.165, 1.54) is 48.3 Å². The Morgan fingerprint density at radius 3 is 2.61 bits per heavy atom. The number of rotatable bonds is 9. The number of unbranched alkanes of at least 4 members (excludes halogenated alkanes) is 1. The monoisotopic (exact) mass is 435 g/mol. The lowest BCUT2D eigenvalue weighted by atomic mass is 9.96. The van der Waals surface area contributed by atoms with Gasteiger partial charge in [0.15, 0.2) is 0 Å². The van der Waals surface area contributed by atoms with E-state index in [0.29, 0.717) is 12.1 Å². The average molecular weight is 436 g/mol. The Morgan fingerprint density at radius 2 is 1.93 bits per heavy atom. The van der Waals surface area contributed by atoms with E-state index in [-0.39, 0.29) is 0 Å². The molecule has 1 aliphatic heterocycles. The predicted octanol–water partition coefficient (Wildman–Crippen LogP) is 7.99. The summed E-state index contributed by atoms with van der Waals surface area (Å²) in [7, 11) is 0. The summed E-state index contributed by atoms with van der Waals surface area (Å²) < 4.78 is 2.77. The van der Waals surface area contributed by atoms with Gasteiger partial charge in [0.25, 0.3) is 0 Å². The van der Waals surface area contributed by atoms with Crippen molar-refractivity contribution in [3.63, 3.8) is 0 Å². The zero-order valence-electron chi connectivity index (χ0n) is 17.5. The van der Waals surface area contributed by atoms with Crippen LogP contribution in [0.2, 0.25) is 0 Å². The van der Waals surface area contributed by atoms with Crippen molar-refractivity contribution < 1.29 is 0 Å². The Balaban J connectivity index is 1.89. The van der Waals surface area contributed by atoms with Crippen molar-refractivity contribution in [1.82, 2.24) is 4.31 Å². The maximum atomic E-state index is 6.26. The fourth-order valence-electron chi connectivity index (χ4n) is 4.17. The quantitative estimate of drug-likeness (QED) is 0.362. The molecule has 1 aliphatic carbocycles. The molecule has 0 N–H and O–H groups in total. The van der Waals surface area contributed by atoms with Gasteiger partial charge in [-0.1, -0.05) is 68.1 Å². The summed E-state index contributed by atoms with van der Waals surface area (Å²) in [4.78, 5) is 1.40. The van der Waals surface area contributed by atoms with Crippen LogP contribution in [0, 0.1) is 6.92 Å². The molecule has 2 aliphatic rings. The average Bonchev–Trinajstić information content (AvgIpc) is 3.04. The van der Waals surface area contributed by atoms with Crippen molar-refractivity contribution in [3.05, 3.63) is 52.6 Å². The molecule has 4 heteroatoms. The van der Waals surface area contributed by atoms with E-state index < -0.39 is 0 Å². The van der Waals surface area contributed by atoms with Gasteiger partial charge in [-0.25, -0.2) is 4.31 Å². The molecule has 1 heterocycles. The third-order valence-electron chi connectivity index (χ3n) is 5.76. The standard InChI is InChI=1S/C24H34ClNS2/c1-4-6-10-21-24(27-16-5-2)17-22(19-12-14-20(25)15-13-19)26(21)28-23-11-8-7-9-18(23)3/h7-9,11-12,14,21-22,24H,4-6,10,13,15-17H2,1-3H3. The Kier molecular flexibility index (Phi) is 8.90. The number of allylic oxidation sites excluding steroid dienone is 3. The largest absolute Gasteiger partial charge is 0.235 e. The molecular formula is C24H34ClNS2. The minimum absolute atomic E-state index is 0.529. The van der Waals surface area contributed by atoms with E-state index in [9.17, 15) is 0 Å². The molecular weight excluding hydrogens is 402 g/mol. The lowest BCUT2D eigenvalue weighted by Crippen LogP contribution is -2.34. The Morgan fingerprint density at radius 1 is 1.11 bits per heavy atom. The minimum Gasteiger partial charge on any atom is -0.235 e.